The Labute approximate surface area is 124 Å². The smallest absolute Gasteiger partial charge is 0.256 e. The molecule has 21 heavy (non-hydrogen) atoms. The van der Waals surface area contributed by atoms with Gasteiger partial charge in [0.2, 0.25) is 0 Å². The second kappa shape index (κ2) is 6.43. The molecule has 1 aromatic heterocycles. The van der Waals surface area contributed by atoms with Gasteiger partial charge in [-0.15, -0.1) is 0 Å². The highest BCUT2D eigenvalue weighted by Crippen LogP contribution is 2.18. The molecule has 0 saturated heterocycles. The number of aryl methyl sites for hydroxylation is 1. The number of anilines is 1. The Hall–Kier alpha value is -2.30. The van der Waals surface area contributed by atoms with E-state index in [1.807, 2.05) is 51.1 Å². The van der Waals surface area contributed by atoms with Crippen LogP contribution < -0.4 is 5.32 Å². The molecule has 1 amide bonds. The first kappa shape index (κ1) is 15.1. The third-order valence-electron chi connectivity index (χ3n) is 3.02. The molecule has 0 aliphatic rings. The van der Waals surface area contributed by atoms with Crippen molar-refractivity contribution in [1.29, 1.82) is 0 Å². The summed E-state index contributed by atoms with van der Waals surface area (Å²) < 4.78 is 5.03. The van der Waals surface area contributed by atoms with Crippen LogP contribution in [0.2, 0.25) is 0 Å². The van der Waals surface area contributed by atoms with Gasteiger partial charge in [-0.2, -0.15) is 0 Å². The van der Waals surface area contributed by atoms with Crippen molar-refractivity contribution in [3.63, 3.8) is 0 Å². The first-order valence-electron chi connectivity index (χ1n) is 7.00. The van der Waals surface area contributed by atoms with Gasteiger partial charge in [-0.3, -0.25) is 4.79 Å². The number of amides is 1. The number of hydrogen-bond acceptors (Lipinski definition) is 4. The lowest BCUT2D eigenvalue weighted by atomic mass is 10.1. The van der Waals surface area contributed by atoms with E-state index < -0.39 is 0 Å². The summed E-state index contributed by atoms with van der Waals surface area (Å²) in [6.07, 6.45) is 0. The van der Waals surface area contributed by atoms with Crippen molar-refractivity contribution in [3.05, 3.63) is 47.3 Å². The van der Waals surface area contributed by atoms with Gasteiger partial charge >= 0.3 is 0 Å². The SMILES string of the molecule is Cc1cc(CN(C)C(=O)c2ccccc2NC(C)C)no1. The topological polar surface area (TPSA) is 58.4 Å². The number of nitrogens with zero attached hydrogens (tertiary/aromatic N) is 2. The zero-order valence-corrected chi connectivity index (χ0v) is 12.9. The monoisotopic (exact) mass is 287 g/mol. The van der Waals surface area contributed by atoms with E-state index in [-0.39, 0.29) is 11.9 Å². The zero-order valence-electron chi connectivity index (χ0n) is 12.9. The predicted octanol–water partition coefficient (Wildman–Crippen LogP) is 3.08. The number of carbonyl (C=O) groups excluding carboxylic acids is 1. The molecule has 0 atom stereocenters. The van der Waals surface area contributed by atoms with Gasteiger partial charge in [0, 0.05) is 24.8 Å². The van der Waals surface area contributed by atoms with Crippen molar-refractivity contribution in [1.82, 2.24) is 10.1 Å². The molecule has 1 N–H and O–H groups in total. The summed E-state index contributed by atoms with van der Waals surface area (Å²) in [6, 6.07) is 9.64. The van der Waals surface area contributed by atoms with Gasteiger partial charge < -0.3 is 14.7 Å². The van der Waals surface area contributed by atoms with Gasteiger partial charge in [0.25, 0.3) is 5.91 Å². The number of hydrogen-bond donors (Lipinski definition) is 1. The summed E-state index contributed by atoms with van der Waals surface area (Å²) in [5.74, 6) is 0.701. The third-order valence-corrected chi connectivity index (χ3v) is 3.02. The number of benzene rings is 1. The van der Waals surface area contributed by atoms with Gasteiger partial charge in [0.15, 0.2) is 0 Å². The molecule has 1 heterocycles. The van der Waals surface area contributed by atoms with Crippen LogP contribution in [-0.4, -0.2) is 29.1 Å². The lowest BCUT2D eigenvalue weighted by Crippen LogP contribution is -2.27. The molecule has 0 spiro atoms. The van der Waals surface area contributed by atoms with Crippen molar-refractivity contribution < 1.29 is 9.32 Å². The largest absolute Gasteiger partial charge is 0.382 e. The first-order chi connectivity index (χ1) is 9.97. The number of carbonyl (C=O) groups is 1. The summed E-state index contributed by atoms with van der Waals surface area (Å²) in [7, 11) is 1.76. The number of rotatable bonds is 5. The molecule has 2 aromatic rings. The summed E-state index contributed by atoms with van der Waals surface area (Å²) >= 11 is 0. The fraction of sp³-hybridized carbons (Fsp3) is 0.375. The minimum absolute atomic E-state index is 0.0422. The van der Waals surface area contributed by atoms with Crippen LogP contribution in [0.3, 0.4) is 0 Å². The van der Waals surface area contributed by atoms with Crippen molar-refractivity contribution in [2.24, 2.45) is 0 Å². The minimum atomic E-state index is -0.0422. The Morgan fingerprint density at radius 3 is 2.71 bits per heavy atom. The third kappa shape index (κ3) is 3.84. The molecule has 112 valence electrons. The van der Waals surface area contributed by atoms with Crippen molar-refractivity contribution in [3.8, 4) is 0 Å². The van der Waals surface area contributed by atoms with Crippen LogP contribution in [0.4, 0.5) is 5.69 Å². The lowest BCUT2D eigenvalue weighted by molar-refractivity contribution is 0.0783. The first-order valence-corrected chi connectivity index (χ1v) is 7.00. The van der Waals surface area contributed by atoms with E-state index in [9.17, 15) is 4.79 Å². The maximum Gasteiger partial charge on any atom is 0.256 e. The molecule has 0 aliphatic heterocycles. The highest BCUT2D eigenvalue weighted by atomic mass is 16.5. The maximum absolute atomic E-state index is 12.6. The molecule has 0 fully saturated rings. The second-order valence-electron chi connectivity index (χ2n) is 5.43. The molecule has 0 saturated carbocycles. The zero-order chi connectivity index (χ0) is 15.4. The normalized spacial score (nSPS) is 10.7. The molecule has 5 nitrogen and oxygen atoms in total. The van der Waals surface area contributed by atoms with Gasteiger partial charge in [-0.1, -0.05) is 17.3 Å². The molecular formula is C16H21N3O2. The Bertz CT molecular complexity index is 619. The fourth-order valence-electron chi connectivity index (χ4n) is 2.12. The standard InChI is InChI=1S/C16H21N3O2/c1-11(2)17-15-8-6-5-7-14(15)16(20)19(4)10-13-9-12(3)21-18-13/h5-9,11,17H,10H2,1-4H3. The molecule has 2 rings (SSSR count). The Kier molecular flexibility index (Phi) is 4.62. The fourth-order valence-corrected chi connectivity index (χ4v) is 2.12. The summed E-state index contributed by atoms with van der Waals surface area (Å²) in [6.45, 7) is 6.35. The number of aromatic nitrogens is 1. The van der Waals surface area contributed by atoms with Crippen LogP contribution in [0.5, 0.6) is 0 Å². The van der Waals surface area contributed by atoms with E-state index in [1.165, 1.54) is 0 Å². The van der Waals surface area contributed by atoms with Gasteiger partial charge in [-0.25, -0.2) is 0 Å². The molecule has 1 aromatic carbocycles. The summed E-state index contributed by atoms with van der Waals surface area (Å²) in [4.78, 5) is 14.2. The van der Waals surface area contributed by atoms with E-state index >= 15 is 0 Å². The molecular weight excluding hydrogens is 266 g/mol. The molecule has 0 radical (unpaired) electrons. The van der Waals surface area contributed by atoms with Crippen LogP contribution in [-0.2, 0) is 6.54 Å². The minimum Gasteiger partial charge on any atom is -0.382 e. The van der Waals surface area contributed by atoms with E-state index in [0.717, 1.165) is 17.1 Å². The Morgan fingerprint density at radius 2 is 2.10 bits per heavy atom. The Balaban J connectivity index is 2.15. The predicted molar refractivity (Wildman–Crippen MR) is 82.2 cm³/mol. The molecule has 0 aliphatic carbocycles. The van der Waals surface area contributed by atoms with Crippen LogP contribution in [0.25, 0.3) is 0 Å². The quantitative estimate of drug-likeness (QED) is 0.918. The maximum atomic E-state index is 12.6. The van der Waals surface area contributed by atoms with Crippen molar-refractivity contribution in [2.45, 2.75) is 33.4 Å². The van der Waals surface area contributed by atoms with E-state index in [4.69, 9.17) is 4.52 Å². The number of para-hydroxylation sites is 1. The van der Waals surface area contributed by atoms with Crippen LogP contribution in [0.15, 0.2) is 34.9 Å². The summed E-state index contributed by atoms with van der Waals surface area (Å²) in [5.41, 5.74) is 2.26. The van der Waals surface area contributed by atoms with E-state index in [1.54, 1.807) is 11.9 Å². The second-order valence-corrected chi connectivity index (χ2v) is 5.43. The molecule has 0 bridgehead atoms. The highest BCUT2D eigenvalue weighted by molar-refractivity contribution is 5.99. The van der Waals surface area contributed by atoms with Gasteiger partial charge in [0.05, 0.1) is 12.1 Å². The average Bonchev–Trinajstić information content (AvgIpc) is 2.83. The van der Waals surface area contributed by atoms with Crippen molar-refractivity contribution in [2.75, 3.05) is 12.4 Å². The molecule has 0 unspecified atom stereocenters. The number of nitrogens with one attached hydrogen (secondary N) is 1. The lowest BCUT2D eigenvalue weighted by Gasteiger charge is -2.19. The Morgan fingerprint density at radius 1 is 1.38 bits per heavy atom. The van der Waals surface area contributed by atoms with Crippen LogP contribution in [0.1, 0.15) is 35.7 Å². The van der Waals surface area contributed by atoms with Crippen LogP contribution >= 0.6 is 0 Å². The van der Waals surface area contributed by atoms with Gasteiger partial charge in [-0.05, 0) is 32.9 Å². The summed E-state index contributed by atoms with van der Waals surface area (Å²) in [5, 5.41) is 7.21. The van der Waals surface area contributed by atoms with Crippen molar-refractivity contribution >= 4 is 11.6 Å². The van der Waals surface area contributed by atoms with E-state index in [0.29, 0.717) is 12.1 Å². The van der Waals surface area contributed by atoms with Gasteiger partial charge in [0.1, 0.15) is 11.5 Å². The van der Waals surface area contributed by atoms with Crippen LogP contribution in [0, 0.1) is 6.92 Å². The van der Waals surface area contributed by atoms with E-state index in [2.05, 4.69) is 10.5 Å². The average molecular weight is 287 g/mol. The molecule has 5 heteroatoms. The highest BCUT2D eigenvalue weighted by Gasteiger charge is 2.17.